The average molecular weight is 235 g/mol. The summed E-state index contributed by atoms with van der Waals surface area (Å²) in [5.74, 6) is 0. The van der Waals surface area contributed by atoms with Crippen LogP contribution in [0.5, 0.6) is 0 Å². The molecule has 0 aromatic heterocycles. The molecule has 0 aromatic rings. The van der Waals surface area contributed by atoms with E-state index in [1.165, 1.54) is 8.61 Å². The lowest BCUT2D eigenvalue weighted by Crippen LogP contribution is -2.41. The number of hydrogen-bond donors (Lipinski definition) is 1. The standard InChI is InChI=1S/C9H21N3O2S/c1-9(2)8-12(4)15(13,14)11(3)7-5-6-10/h1,5-8,10H2,2-4H3. The second-order valence-corrected chi connectivity index (χ2v) is 5.83. The summed E-state index contributed by atoms with van der Waals surface area (Å²) in [5, 5.41) is 0. The van der Waals surface area contributed by atoms with E-state index in [9.17, 15) is 8.42 Å². The molecule has 6 heteroatoms. The van der Waals surface area contributed by atoms with Crippen LogP contribution in [0.25, 0.3) is 0 Å². The second kappa shape index (κ2) is 6.22. The highest BCUT2D eigenvalue weighted by molar-refractivity contribution is 7.86. The molecule has 0 fully saturated rings. The maximum Gasteiger partial charge on any atom is 0.281 e. The molecule has 2 N–H and O–H groups in total. The minimum absolute atomic E-state index is 0.343. The number of hydrogen-bond acceptors (Lipinski definition) is 3. The predicted octanol–water partition coefficient (Wildman–Crippen LogP) is 0.0197. The fourth-order valence-corrected chi connectivity index (χ4v) is 2.35. The van der Waals surface area contributed by atoms with Gasteiger partial charge >= 0.3 is 0 Å². The molecule has 0 aliphatic carbocycles. The summed E-state index contributed by atoms with van der Waals surface area (Å²) in [4.78, 5) is 0. The lowest BCUT2D eigenvalue weighted by Gasteiger charge is -2.24. The Balaban J connectivity index is 4.45. The van der Waals surface area contributed by atoms with E-state index in [1.807, 2.05) is 0 Å². The molecule has 0 radical (unpaired) electrons. The molecule has 0 atom stereocenters. The van der Waals surface area contributed by atoms with Crippen LogP contribution in [-0.4, -0.2) is 50.8 Å². The minimum atomic E-state index is -3.36. The quantitative estimate of drug-likeness (QED) is 0.633. The van der Waals surface area contributed by atoms with E-state index >= 15 is 0 Å². The van der Waals surface area contributed by atoms with E-state index in [4.69, 9.17) is 5.73 Å². The predicted molar refractivity (Wildman–Crippen MR) is 62.7 cm³/mol. The van der Waals surface area contributed by atoms with Crippen LogP contribution < -0.4 is 5.73 Å². The van der Waals surface area contributed by atoms with Crippen molar-refractivity contribution in [2.24, 2.45) is 5.73 Å². The summed E-state index contributed by atoms with van der Waals surface area (Å²) in [6.07, 6.45) is 0.663. The van der Waals surface area contributed by atoms with Gasteiger partial charge in [0.2, 0.25) is 0 Å². The first-order valence-electron chi connectivity index (χ1n) is 4.84. The molecular weight excluding hydrogens is 214 g/mol. The zero-order valence-electron chi connectivity index (χ0n) is 9.73. The number of likely N-dealkylation sites (N-methyl/N-ethyl adjacent to an activating group) is 1. The van der Waals surface area contributed by atoms with Gasteiger partial charge in [-0.3, -0.25) is 0 Å². The molecule has 0 unspecified atom stereocenters. The SMILES string of the molecule is C=C(C)CN(C)S(=O)(=O)N(C)CCCN. The lowest BCUT2D eigenvalue weighted by atomic mass is 10.4. The highest BCUT2D eigenvalue weighted by Gasteiger charge is 2.22. The Bertz CT molecular complexity index is 300. The molecule has 0 saturated heterocycles. The molecule has 0 rings (SSSR count). The van der Waals surface area contributed by atoms with Gasteiger partial charge in [-0.1, -0.05) is 12.2 Å². The first-order chi connectivity index (χ1) is 6.82. The van der Waals surface area contributed by atoms with E-state index in [1.54, 1.807) is 21.0 Å². The summed E-state index contributed by atoms with van der Waals surface area (Å²) in [7, 11) is -0.256. The smallest absolute Gasteiger partial charge is 0.281 e. The zero-order chi connectivity index (χ0) is 12.1. The molecule has 0 bridgehead atoms. The van der Waals surface area contributed by atoms with Crippen molar-refractivity contribution in [2.75, 3.05) is 33.7 Å². The van der Waals surface area contributed by atoms with E-state index < -0.39 is 10.2 Å². The molecule has 0 heterocycles. The Kier molecular flexibility index (Phi) is 6.04. The summed E-state index contributed by atoms with van der Waals surface area (Å²) in [6, 6.07) is 0. The maximum atomic E-state index is 11.8. The Labute approximate surface area is 92.7 Å². The average Bonchev–Trinajstić information content (AvgIpc) is 2.12. The Morgan fingerprint density at radius 2 is 1.87 bits per heavy atom. The van der Waals surface area contributed by atoms with Gasteiger partial charge in [0.05, 0.1) is 0 Å². The largest absolute Gasteiger partial charge is 0.330 e. The van der Waals surface area contributed by atoms with E-state index in [0.717, 1.165) is 5.57 Å². The Hall–Kier alpha value is -0.430. The molecule has 0 aliphatic heterocycles. The molecule has 0 saturated carbocycles. The van der Waals surface area contributed by atoms with Gasteiger partial charge < -0.3 is 5.73 Å². The van der Waals surface area contributed by atoms with Crippen molar-refractivity contribution in [1.29, 1.82) is 0 Å². The molecule has 0 aliphatic rings. The van der Waals surface area contributed by atoms with Crippen LogP contribution >= 0.6 is 0 Å². The molecule has 5 nitrogen and oxygen atoms in total. The third-order valence-corrected chi connectivity index (χ3v) is 3.84. The highest BCUT2D eigenvalue weighted by Crippen LogP contribution is 2.06. The molecular formula is C9H21N3O2S. The van der Waals surface area contributed by atoms with Gasteiger partial charge in [0, 0.05) is 27.2 Å². The van der Waals surface area contributed by atoms with Crippen molar-refractivity contribution in [2.45, 2.75) is 13.3 Å². The number of nitrogens with two attached hydrogens (primary N) is 1. The molecule has 0 spiro atoms. The van der Waals surface area contributed by atoms with Crippen LogP contribution in [0.4, 0.5) is 0 Å². The summed E-state index contributed by atoms with van der Waals surface area (Å²) in [6.45, 7) is 6.76. The van der Waals surface area contributed by atoms with Gasteiger partial charge in [-0.15, -0.1) is 0 Å². The van der Waals surface area contributed by atoms with Crippen molar-refractivity contribution in [1.82, 2.24) is 8.61 Å². The summed E-state index contributed by atoms with van der Waals surface area (Å²) < 4.78 is 26.3. The first kappa shape index (κ1) is 14.6. The Morgan fingerprint density at radius 1 is 1.33 bits per heavy atom. The van der Waals surface area contributed by atoms with Crippen molar-refractivity contribution in [3.8, 4) is 0 Å². The van der Waals surface area contributed by atoms with E-state index in [2.05, 4.69) is 6.58 Å². The molecule has 90 valence electrons. The topological polar surface area (TPSA) is 66.6 Å². The van der Waals surface area contributed by atoms with E-state index in [-0.39, 0.29) is 0 Å². The fourth-order valence-electron chi connectivity index (χ4n) is 1.13. The van der Waals surface area contributed by atoms with Gasteiger partial charge in [-0.2, -0.15) is 17.0 Å². The zero-order valence-corrected chi connectivity index (χ0v) is 10.5. The van der Waals surface area contributed by atoms with E-state index in [0.29, 0.717) is 26.1 Å². The summed E-state index contributed by atoms with van der Waals surface area (Å²) in [5.41, 5.74) is 6.14. The van der Waals surface area contributed by atoms with Crippen molar-refractivity contribution in [3.63, 3.8) is 0 Å². The van der Waals surface area contributed by atoms with Crippen molar-refractivity contribution < 1.29 is 8.42 Å². The van der Waals surface area contributed by atoms with Crippen LogP contribution in [0.15, 0.2) is 12.2 Å². The van der Waals surface area contributed by atoms with Crippen LogP contribution in [0.2, 0.25) is 0 Å². The van der Waals surface area contributed by atoms with Crippen LogP contribution in [0.1, 0.15) is 13.3 Å². The monoisotopic (exact) mass is 235 g/mol. The number of nitrogens with zero attached hydrogens (tertiary/aromatic N) is 2. The minimum Gasteiger partial charge on any atom is -0.330 e. The van der Waals surface area contributed by atoms with Gasteiger partial charge in [0.15, 0.2) is 0 Å². The van der Waals surface area contributed by atoms with Crippen molar-refractivity contribution in [3.05, 3.63) is 12.2 Å². The fraction of sp³-hybridized carbons (Fsp3) is 0.778. The van der Waals surface area contributed by atoms with Crippen LogP contribution in [0.3, 0.4) is 0 Å². The normalized spacial score (nSPS) is 12.4. The van der Waals surface area contributed by atoms with Crippen LogP contribution in [-0.2, 0) is 10.2 Å². The third kappa shape index (κ3) is 4.74. The van der Waals surface area contributed by atoms with Gasteiger partial charge in [0.1, 0.15) is 0 Å². The summed E-state index contributed by atoms with van der Waals surface area (Å²) >= 11 is 0. The van der Waals surface area contributed by atoms with Gasteiger partial charge in [0.25, 0.3) is 10.2 Å². The highest BCUT2D eigenvalue weighted by atomic mass is 32.2. The first-order valence-corrected chi connectivity index (χ1v) is 6.24. The number of rotatable bonds is 7. The van der Waals surface area contributed by atoms with Crippen LogP contribution in [0, 0.1) is 0 Å². The second-order valence-electron chi connectivity index (χ2n) is 3.68. The van der Waals surface area contributed by atoms with Crippen molar-refractivity contribution >= 4 is 10.2 Å². The molecule has 0 aromatic carbocycles. The molecule has 0 amide bonds. The van der Waals surface area contributed by atoms with Gasteiger partial charge in [-0.25, -0.2) is 0 Å². The molecule has 15 heavy (non-hydrogen) atoms. The third-order valence-electron chi connectivity index (χ3n) is 1.96. The lowest BCUT2D eigenvalue weighted by molar-refractivity contribution is 0.401. The maximum absolute atomic E-state index is 11.8. The Morgan fingerprint density at radius 3 is 2.27 bits per heavy atom. The van der Waals surface area contributed by atoms with Gasteiger partial charge in [-0.05, 0) is 19.9 Å².